The molecule has 1 aromatic rings. The highest BCUT2D eigenvalue weighted by molar-refractivity contribution is 5.89. The first-order valence-electron chi connectivity index (χ1n) is 8.51. The third-order valence-corrected chi connectivity index (χ3v) is 3.92. The predicted octanol–water partition coefficient (Wildman–Crippen LogP) is 2.35. The quantitative estimate of drug-likeness (QED) is 0.452. The molecule has 0 N–H and O–H groups in total. The van der Waals surface area contributed by atoms with Gasteiger partial charge in [0.1, 0.15) is 13.2 Å². The van der Waals surface area contributed by atoms with Crippen LogP contribution in [0.4, 0.5) is 5.69 Å². The van der Waals surface area contributed by atoms with Gasteiger partial charge in [0.15, 0.2) is 0 Å². The largest absolute Gasteiger partial charge is 0.461 e. The monoisotopic (exact) mass is 348 g/mol. The highest BCUT2D eigenvalue weighted by atomic mass is 16.5. The Morgan fingerprint density at radius 1 is 1.04 bits per heavy atom. The van der Waals surface area contributed by atoms with Crippen LogP contribution in [0.15, 0.2) is 36.9 Å². The molecule has 25 heavy (non-hydrogen) atoms. The minimum atomic E-state index is -0.434. The van der Waals surface area contributed by atoms with E-state index in [1.165, 1.54) is 0 Å². The number of rotatable bonds is 11. The van der Waals surface area contributed by atoms with Gasteiger partial charge in [-0.25, -0.2) is 9.59 Å². The first-order valence-corrected chi connectivity index (χ1v) is 8.51. The van der Waals surface area contributed by atoms with Gasteiger partial charge in [-0.05, 0) is 37.4 Å². The van der Waals surface area contributed by atoms with Gasteiger partial charge >= 0.3 is 11.9 Å². The molecule has 0 saturated heterocycles. The molecule has 1 aromatic carbocycles. The Morgan fingerprint density at radius 2 is 1.64 bits per heavy atom. The fourth-order valence-electron chi connectivity index (χ4n) is 2.21. The van der Waals surface area contributed by atoms with Gasteiger partial charge in [0.25, 0.3) is 0 Å². The lowest BCUT2D eigenvalue weighted by Gasteiger charge is -2.19. The summed E-state index contributed by atoms with van der Waals surface area (Å²) in [4.78, 5) is 27.2. The van der Waals surface area contributed by atoms with Crippen LogP contribution in [0.3, 0.4) is 0 Å². The van der Waals surface area contributed by atoms with E-state index in [2.05, 4.69) is 25.3 Å². The van der Waals surface area contributed by atoms with Gasteiger partial charge in [0.2, 0.25) is 0 Å². The fraction of sp³-hybridized carbons (Fsp3) is 0.474. The van der Waals surface area contributed by atoms with E-state index in [1.807, 2.05) is 24.1 Å². The molecule has 0 aromatic heterocycles. The van der Waals surface area contributed by atoms with E-state index in [-0.39, 0.29) is 12.6 Å². The lowest BCUT2D eigenvalue weighted by atomic mass is 10.2. The number of carbonyl (C=O) groups is 2. The van der Waals surface area contributed by atoms with E-state index < -0.39 is 5.97 Å². The SMILES string of the molecule is C=CC(=O)OCCN(C)c1ccc(C(=O)OCCN(CC)CC)cc1. The van der Waals surface area contributed by atoms with Crippen molar-refractivity contribution in [1.29, 1.82) is 0 Å². The molecule has 0 spiro atoms. The third-order valence-electron chi connectivity index (χ3n) is 3.92. The summed E-state index contributed by atoms with van der Waals surface area (Å²) in [6.45, 7) is 11.3. The minimum Gasteiger partial charge on any atom is -0.461 e. The average Bonchev–Trinajstić information content (AvgIpc) is 2.64. The van der Waals surface area contributed by atoms with Crippen molar-refractivity contribution in [3.8, 4) is 0 Å². The molecule has 0 saturated carbocycles. The predicted molar refractivity (Wildman–Crippen MR) is 98.9 cm³/mol. The van der Waals surface area contributed by atoms with Gasteiger partial charge in [0, 0.05) is 25.4 Å². The van der Waals surface area contributed by atoms with Crippen molar-refractivity contribution in [2.45, 2.75) is 13.8 Å². The second kappa shape index (κ2) is 11.3. The number of esters is 2. The molecule has 0 aliphatic carbocycles. The first-order chi connectivity index (χ1) is 12.0. The molecule has 0 heterocycles. The Bertz CT molecular complexity index is 553. The average molecular weight is 348 g/mol. The Labute approximate surface area is 150 Å². The number of carbonyl (C=O) groups excluding carboxylic acids is 2. The molecule has 0 aliphatic heterocycles. The molecule has 1 rings (SSSR count). The summed E-state index contributed by atoms with van der Waals surface area (Å²) < 4.78 is 10.3. The molecule has 6 nitrogen and oxygen atoms in total. The van der Waals surface area contributed by atoms with Crippen LogP contribution >= 0.6 is 0 Å². The Morgan fingerprint density at radius 3 is 2.20 bits per heavy atom. The van der Waals surface area contributed by atoms with Crippen molar-refractivity contribution < 1.29 is 19.1 Å². The number of ether oxygens (including phenoxy) is 2. The maximum absolute atomic E-state index is 12.0. The maximum Gasteiger partial charge on any atom is 0.338 e. The van der Waals surface area contributed by atoms with Gasteiger partial charge in [-0.2, -0.15) is 0 Å². The van der Waals surface area contributed by atoms with Crippen LogP contribution in [0.5, 0.6) is 0 Å². The molecule has 0 radical (unpaired) electrons. The summed E-state index contributed by atoms with van der Waals surface area (Å²) in [7, 11) is 1.89. The van der Waals surface area contributed by atoms with Crippen LogP contribution in [0.1, 0.15) is 24.2 Å². The molecular weight excluding hydrogens is 320 g/mol. The summed E-state index contributed by atoms with van der Waals surface area (Å²) in [5.74, 6) is -0.752. The molecule has 0 aliphatic rings. The van der Waals surface area contributed by atoms with E-state index in [9.17, 15) is 9.59 Å². The number of anilines is 1. The third kappa shape index (κ3) is 7.39. The number of hydrogen-bond acceptors (Lipinski definition) is 6. The van der Waals surface area contributed by atoms with Crippen LogP contribution in [0.25, 0.3) is 0 Å². The summed E-state index contributed by atoms with van der Waals surface area (Å²) in [5.41, 5.74) is 1.45. The second-order valence-corrected chi connectivity index (χ2v) is 5.50. The maximum atomic E-state index is 12.0. The fourth-order valence-corrected chi connectivity index (χ4v) is 2.21. The zero-order valence-corrected chi connectivity index (χ0v) is 15.4. The molecule has 0 amide bonds. The zero-order valence-electron chi connectivity index (χ0n) is 15.4. The summed E-state index contributed by atoms with van der Waals surface area (Å²) in [6, 6.07) is 7.16. The number of benzene rings is 1. The number of hydrogen-bond donors (Lipinski definition) is 0. The van der Waals surface area contributed by atoms with Gasteiger partial charge in [-0.15, -0.1) is 0 Å². The van der Waals surface area contributed by atoms with Crippen molar-refractivity contribution in [3.05, 3.63) is 42.5 Å². The van der Waals surface area contributed by atoms with Gasteiger partial charge < -0.3 is 19.3 Å². The van der Waals surface area contributed by atoms with E-state index in [0.717, 1.165) is 31.4 Å². The van der Waals surface area contributed by atoms with Gasteiger partial charge in [-0.1, -0.05) is 20.4 Å². The molecule has 0 unspecified atom stereocenters. The van der Waals surface area contributed by atoms with Crippen LogP contribution in [0.2, 0.25) is 0 Å². The smallest absolute Gasteiger partial charge is 0.338 e. The highest BCUT2D eigenvalue weighted by Gasteiger charge is 2.09. The molecule has 6 heteroatoms. The van der Waals surface area contributed by atoms with E-state index >= 15 is 0 Å². The van der Waals surface area contributed by atoms with Gasteiger partial charge in [0.05, 0.1) is 12.1 Å². The Kier molecular flexibility index (Phi) is 9.32. The highest BCUT2D eigenvalue weighted by Crippen LogP contribution is 2.14. The number of likely N-dealkylation sites (N-methyl/N-ethyl adjacent to an activating group) is 2. The summed E-state index contributed by atoms with van der Waals surface area (Å²) in [5, 5.41) is 0. The molecule has 0 fully saturated rings. The normalized spacial score (nSPS) is 10.4. The second-order valence-electron chi connectivity index (χ2n) is 5.50. The molecule has 0 bridgehead atoms. The van der Waals surface area contributed by atoms with Crippen LogP contribution in [-0.2, 0) is 14.3 Å². The lowest BCUT2D eigenvalue weighted by molar-refractivity contribution is -0.137. The van der Waals surface area contributed by atoms with Crippen molar-refractivity contribution >= 4 is 17.6 Å². The van der Waals surface area contributed by atoms with Crippen molar-refractivity contribution in [1.82, 2.24) is 4.90 Å². The van der Waals surface area contributed by atoms with Crippen molar-refractivity contribution in [2.75, 3.05) is 51.3 Å². The van der Waals surface area contributed by atoms with E-state index in [0.29, 0.717) is 18.7 Å². The van der Waals surface area contributed by atoms with Crippen LogP contribution < -0.4 is 4.90 Å². The standard InChI is InChI=1S/C19H28N2O4/c1-5-18(22)24-14-12-20(4)17-10-8-16(9-11-17)19(23)25-15-13-21(6-2)7-3/h5,8-11H,1,6-7,12-15H2,2-4H3. The van der Waals surface area contributed by atoms with Crippen LogP contribution in [-0.4, -0.2) is 63.3 Å². The topological polar surface area (TPSA) is 59.1 Å². The van der Waals surface area contributed by atoms with Crippen LogP contribution in [0, 0.1) is 0 Å². The lowest BCUT2D eigenvalue weighted by Crippen LogP contribution is -2.28. The molecular formula is C19H28N2O4. The summed E-state index contributed by atoms with van der Waals surface area (Å²) in [6.07, 6.45) is 1.14. The first kappa shape index (κ1) is 20.7. The Balaban J connectivity index is 2.45. The summed E-state index contributed by atoms with van der Waals surface area (Å²) >= 11 is 0. The van der Waals surface area contributed by atoms with Crippen molar-refractivity contribution in [3.63, 3.8) is 0 Å². The van der Waals surface area contributed by atoms with Gasteiger partial charge in [-0.3, -0.25) is 0 Å². The molecule has 138 valence electrons. The molecule has 0 atom stereocenters. The van der Waals surface area contributed by atoms with E-state index in [1.54, 1.807) is 12.1 Å². The van der Waals surface area contributed by atoms with Crippen molar-refractivity contribution in [2.24, 2.45) is 0 Å². The zero-order chi connectivity index (χ0) is 18.7. The minimum absolute atomic E-state index is 0.274. The Hall–Kier alpha value is -2.34. The van der Waals surface area contributed by atoms with E-state index in [4.69, 9.17) is 9.47 Å². The number of nitrogens with zero attached hydrogens (tertiary/aromatic N) is 2.